The number of ether oxygens (including phenoxy) is 1. The molecule has 1 amide bonds. The van der Waals surface area contributed by atoms with Crippen LogP contribution in [0.3, 0.4) is 0 Å². The number of fused-ring (bicyclic) bond motifs is 3. The highest BCUT2D eigenvalue weighted by Crippen LogP contribution is 2.39. The normalized spacial score (nSPS) is 16.1. The van der Waals surface area contributed by atoms with E-state index in [4.69, 9.17) is 10.5 Å². The van der Waals surface area contributed by atoms with Crippen LogP contribution in [0.15, 0.2) is 36.5 Å². The van der Waals surface area contributed by atoms with Crippen LogP contribution in [0.25, 0.3) is 22.5 Å². The summed E-state index contributed by atoms with van der Waals surface area (Å²) in [6.45, 7) is 5.95. The molecule has 0 spiro atoms. The number of carbonyl (C=O) groups is 2. The minimum Gasteiger partial charge on any atom is -0.478 e. The number of nitrogens with one attached hydrogen (secondary N) is 1. The number of carboxylic acid groups (broad SMARTS) is 1. The summed E-state index contributed by atoms with van der Waals surface area (Å²) in [5, 5.41) is 10.1. The Balaban J connectivity index is 1.45. The molecule has 3 heterocycles. The van der Waals surface area contributed by atoms with E-state index in [0.717, 1.165) is 22.4 Å². The average molecular weight is 493 g/mol. The van der Waals surface area contributed by atoms with Crippen molar-refractivity contribution in [2.45, 2.75) is 51.2 Å². The zero-order valence-corrected chi connectivity index (χ0v) is 20.5. The molecule has 2 aliphatic rings. The number of carbonyl (C=O) groups excluding carboxylic acids is 1. The van der Waals surface area contributed by atoms with Crippen molar-refractivity contribution < 1.29 is 23.8 Å². The van der Waals surface area contributed by atoms with Crippen molar-refractivity contribution in [1.29, 1.82) is 0 Å². The van der Waals surface area contributed by atoms with Gasteiger partial charge in [-0.15, -0.1) is 0 Å². The number of aryl methyl sites for hydroxylation is 1. The van der Waals surface area contributed by atoms with E-state index in [1.165, 1.54) is 17.0 Å². The third-order valence-electron chi connectivity index (χ3n) is 6.61. The number of hydrogen-bond donors (Lipinski definition) is 3. The molecule has 8 nitrogen and oxygen atoms in total. The fourth-order valence-electron chi connectivity index (χ4n) is 5.08. The van der Waals surface area contributed by atoms with E-state index >= 15 is 0 Å². The van der Waals surface area contributed by atoms with Gasteiger partial charge in [0.1, 0.15) is 11.4 Å². The third kappa shape index (κ3) is 4.46. The number of carboxylic acids is 1. The number of halogens is 1. The molecule has 3 aromatic rings. The number of rotatable bonds is 4. The molecule has 0 unspecified atom stereocenters. The second-order valence-corrected chi connectivity index (χ2v) is 10.7. The highest BCUT2D eigenvalue weighted by Gasteiger charge is 2.45. The van der Waals surface area contributed by atoms with Crippen molar-refractivity contribution in [3.63, 3.8) is 0 Å². The van der Waals surface area contributed by atoms with Crippen molar-refractivity contribution in [3.05, 3.63) is 64.7 Å². The summed E-state index contributed by atoms with van der Waals surface area (Å²) in [5.74, 6) is -1.37. The molecule has 9 heteroatoms. The number of H-pyrrole nitrogens is 1. The second-order valence-electron chi connectivity index (χ2n) is 10.7. The first-order chi connectivity index (χ1) is 16.9. The zero-order valence-electron chi connectivity index (χ0n) is 20.5. The number of aromatic nitrogens is 2. The third-order valence-corrected chi connectivity index (χ3v) is 6.61. The molecule has 0 bridgehead atoms. The second kappa shape index (κ2) is 8.44. The highest BCUT2D eigenvalue weighted by atomic mass is 19.1. The number of pyridine rings is 1. The molecule has 0 radical (unpaired) electrons. The summed E-state index contributed by atoms with van der Waals surface area (Å²) in [6.07, 6.45) is 2.82. The summed E-state index contributed by atoms with van der Waals surface area (Å²) in [7, 11) is 0. The summed E-state index contributed by atoms with van der Waals surface area (Å²) < 4.78 is 19.2. The Kier molecular flexibility index (Phi) is 5.63. The smallest absolute Gasteiger partial charge is 0.410 e. The predicted octanol–water partition coefficient (Wildman–Crippen LogP) is 4.17. The molecular formula is C27H29FN4O4. The SMILES string of the molecule is CC(C)(C)OC(=O)N1CC(N)(Cc2[nH]c3c(c2C(=O)O)CCc2cnc(-c4cccc(F)c4)cc2-3)C1. The van der Waals surface area contributed by atoms with E-state index in [1.807, 2.05) is 6.07 Å². The van der Waals surface area contributed by atoms with E-state index < -0.39 is 23.2 Å². The first-order valence-electron chi connectivity index (χ1n) is 11.9. The minimum absolute atomic E-state index is 0.236. The molecule has 4 N–H and O–H groups in total. The molecule has 1 aliphatic heterocycles. The van der Waals surface area contributed by atoms with E-state index in [9.17, 15) is 19.1 Å². The van der Waals surface area contributed by atoms with Gasteiger partial charge < -0.3 is 25.5 Å². The molecule has 0 saturated carbocycles. The predicted molar refractivity (Wildman–Crippen MR) is 132 cm³/mol. The van der Waals surface area contributed by atoms with Crippen LogP contribution in [0.2, 0.25) is 0 Å². The first-order valence-corrected chi connectivity index (χ1v) is 11.9. The molecule has 1 aliphatic carbocycles. The number of benzene rings is 1. The van der Waals surface area contributed by atoms with Gasteiger partial charge >= 0.3 is 12.1 Å². The Hall–Kier alpha value is -3.72. The number of nitrogens with two attached hydrogens (primary N) is 1. The van der Waals surface area contributed by atoms with Gasteiger partial charge in [-0.25, -0.2) is 14.0 Å². The van der Waals surface area contributed by atoms with Gasteiger partial charge in [0.25, 0.3) is 0 Å². The maximum atomic E-state index is 13.8. The van der Waals surface area contributed by atoms with E-state index in [1.54, 1.807) is 39.1 Å². The number of amides is 1. The van der Waals surface area contributed by atoms with Crippen LogP contribution in [0, 0.1) is 5.82 Å². The molecule has 5 rings (SSSR count). The Morgan fingerprint density at radius 1 is 1.25 bits per heavy atom. The average Bonchev–Trinajstić information content (AvgIpc) is 3.14. The van der Waals surface area contributed by atoms with Crippen molar-refractivity contribution in [2.75, 3.05) is 13.1 Å². The summed E-state index contributed by atoms with van der Waals surface area (Å²) >= 11 is 0. The molecule has 188 valence electrons. The lowest BCUT2D eigenvalue weighted by molar-refractivity contribution is -0.00813. The molecule has 2 aromatic heterocycles. The summed E-state index contributed by atoms with van der Waals surface area (Å²) in [5.41, 5.74) is 10.5. The lowest BCUT2D eigenvalue weighted by Gasteiger charge is -2.47. The number of hydrogen-bond acceptors (Lipinski definition) is 5. The van der Waals surface area contributed by atoms with Gasteiger partial charge in [-0.2, -0.15) is 0 Å². The van der Waals surface area contributed by atoms with E-state index in [0.29, 0.717) is 29.8 Å². The summed E-state index contributed by atoms with van der Waals surface area (Å²) in [4.78, 5) is 34.0. The number of aromatic amines is 1. The van der Waals surface area contributed by atoms with Crippen molar-refractivity contribution in [3.8, 4) is 22.5 Å². The molecule has 1 fully saturated rings. The van der Waals surface area contributed by atoms with Gasteiger partial charge in [0.05, 0.1) is 22.5 Å². The largest absolute Gasteiger partial charge is 0.478 e. The number of aromatic carboxylic acids is 1. The first kappa shape index (κ1) is 24.0. The van der Waals surface area contributed by atoms with Gasteiger partial charge in [0.15, 0.2) is 0 Å². The Labute approximate surface area is 208 Å². The lowest BCUT2D eigenvalue weighted by atomic mass is 9.84. The Morgan fingerprint density at radius 3 is 2.67 bits per heavy atom. The standard InChI is InChI=1S/C27H29FN4O4/c1-26(2,3)36-25(35)32-13-27(29,14-32)11-21-22(24(33)34)18-8-7-16-12-30-20(10-19(16)23(18)31-21)15-5-4-6-17(28)9-15/h4-6,9-10,12,31H,7-8,11,13-14,29H2,1-3H3,(H,33,34). The van der Waals surface area contributed by atoms with Crippen LogP contribution in [0.4, 0.5) is 9.18 Å². The summed E-state index contributed by atoms with van der Waals surface area (Å²) in [6, 6.07) is 8.09. The van der Waals surface area contributed by atoms with E-state index in [-0.39, 0.29) is 30.9 Å². The van der Waals surface area contributed by atoms with Gasteiger partial charge in [-0.3, -0.25) is 4.98 Å². The van der Waals surface area contributed by atoms with Crippen LogP contribution in [0.1, 0.15) is 48.0 Å². The van der Waals surface area contributed by atoms with Gasteiger partial charge in [-0.1, -0.05) is 12.1 Å². The van der Waals surface area contributed by atoms with Crippen LogP contribution >= 0.6 is 0 Å². The molecular weight excluding hydrogens is 463 g/mol. The number of likely N-dealkylation sites (tertiary alicyclic amines) is 1. The topological polar surface area (TPSA) is 122 Å². The molecule has 1 aromatic carbocycles. The highest BCUT2D eigenvalue weighted by molar-refractivity contribution is 5.95. The fourth-order valence-corrected chi connectivity index (χ4v) is 5.08. The monoisotopic (exact) mass is 492 g/mol. The molecule has 36 heavy (non-hydrogen) atoms. The van der Waals surface area contributed by atoms with E-state index in [2.05, 4.69) is 9.97 Å². The zero-order chi connectivity index (χ0) is 25.8. The van der Waals surface area contributed by atoms with Crippen molar-refractivity contribution >= 4 is 12.1 Å². The van der Waals surface area contributed by atoms with Crippen molar-refractivity contribution in [2.24, 2.45) is 5.73 Å². The van der Waals surface area contributed by atoms with Gasteiger partial charge in [0, 0.05) is 42.5 Å². The van der Waals surface area contributed by atoms with Gasteiger partial charge in [-0.05, 0) is 62.9 Å². The van der Waals surface area contributed by atoms with Crippen LogP contribution in [-0.4, -0.2) is 56.3 Å². The van der Waals surface area contributed by atoms with Gasteiger partial charge in [0.2, 0.25) is 0 Å². The van der Waals surface area contributed by atoms with Crippen LogP contribution < -0.4 is 5.73 Å². The Morgan fingerprint density at radius 2 is 2.00 bits per heavy atom. The minimum atomic E-state index is -1.02. The lowest BCUT2D eigenvalue weighted by Crippen LogP contribution is -2.70. The Bertz CT molecular complexity index is 1370. The maximum Gasteiger partial charge on any atom is 0.410 e. The molecule has 1 saturated heterocycles. The molecule has 0 atom stereocenters. The van der Waals surface area contributed by atoms with Crippen molar-refractivity contribution in [1.82, 2.24) is 14.9 Å². The quantitative estimate of drug-likeness (QED) is 0.503. The maximum absolute atomic E-state index is 13.8. The fraction of sp³-hybridized carbons (Fsp3) is 0.370. The van der Waals surface area contributed by atoms with Crippen LogP contribution in [0.5, 0.6) is 0 Å². The van der Waals surface area contributed by atoms with Crippen LogP contribution in [-0.2, 0) is 24.0 Å². The number of nitrogens with zero attached hydrogens (tertiary/aromatic N) is 2.